The molecule has 10 heavy (non-hydrogen) atoms. The van der Waals surface area contributed by atoms with Crippen LogP contribution in [0.3, 0.4) is 0 Å². The minimum absolute atomic E-state index is 1.02. The van der Waals surface area contributed by atoms with E-state index in [1.165, 1.54) is 0 Å². The van der Waals surface area contributed by atoms with Gasteiger partial charge in [0.2, 0.25) is 0 Å². The summed E-state index contributed by atoms with van der Waals surface area (Å²) >= 11 is 0. The Bertz CT molecular complexity index is 78.0. The third-order valence-electron chi connectivity index (χ3n) is 1.61. The molecule has 1 atom stereocenters. The van der Waals surface area contributed by atoms with E-state index in [1.54, 1.807) is 0 Å². The van der Waals surface area contributed by atoms with E-state index in [9.17, 15) is 4.80 Å². The highest BCUT2D eigenvalue weighted by atomic mass is 28.3. The average molecular weight is 161 g/mol. The summed E-state index contributed by atoms with van der Waals surface area (Å²) in [5.74, 6) is 0. The Morgan fingerprint density at radius 1 is 1.40 bits per heavy atom. The van der Waals surface area contributed by atoms with Gasteiger partial charge in [-0.2, -0.15) is 0 Å². The Hall–Kier alpha value is 0.137. The normalized spacial score (nSPS) is 14.1. The highest BCUT2D eigenvalue weighted by molar-refractivity contribution is 6.50. The second-order valence-electron chi connectivity index (χ2n) is 3.01. The lowest BCUT2D eigenvalue weighted by Gasteiger charge is -2.09. The molecule has 0 fully saturated rings. The van der Waals surface area contributed by atoms with E-state index in [2.05, 4.69) is 25.9 Å². The molecule has 0 saturated heterocycles. The van der Waals surface area contributed by atoms with Crippen LogP contribution in [-0.4, -0.2) is 39.4 Å². The van der Waals surface area contributed by atoms with Crippen LogP contribution >= 0.6 is 0 Å². The van der Waals surface area contributed by atoms with Crippen molar-refractivity contribution in [3.8, 4) is 0 Å². The lowest BCUT2D eigenvalue weighted by Crippen LogP contribution is -2.16. The molecule has 0 rings (SSSR count). The van der Waals surface area contributed by atoms with Crippen LogP contribution in [0.15, 0.2) is 0 Å². The van der Waals surface area contributed by atoms with Crippen molar-refractivity contribution in [2.45, 2.75) is 25.4 Å². The molecule has 1 unspecified atom stereocenters. The van der Waals surface area contributed by atoms with Crippen LogP contribution in [0.1, 0.15) is 13.3 Å². The first kappa shape index (κ1) is 10.1. The quantitative estimate of drug-likeness (QED) is 0.599. The smallest absolute Gasteiger partial charge is 0.172 e. The molecule has 62 valence electrons. The molecule has 0 amide bonds. The van der Waals surface area contributed by atoms with Crippen molar-refractivity contribution >= 4 is 9.04 Å². The average Bonchev–Trinajstić information content (AvgIpc) is 1.87. The van der Waals surface area contributed by atoms with Gasteiger partial charge in [0.25, 0.3) is 0 Å². The van der Waals surface area contributed by atoms with Gasteiger partial charge >= 0.3 is 0 Å². The maximum atomic E-state index is 9.29. The van der Waals surface area contributed by atoms with E-state index in [0.717, 1.165) is 25.1 Å². The standard InChI is InChI=1S/C7H19NOSi/c1-4-10(9)7-5-6-8(2)3/h9-10H,4-7H2,1-3H3. The van der Waals surface area contributed by atoms with Gasteiger partial charge in [0.05, 0.1) is 0 Å². The summed E-state index contributed by atoms with van der Waals surface area (Å²) in [7, 11) is 2.87. The topological polar surface area (TPSA) is 23.5 Å². The van der Waals surface area contributed by atoms with E-state index >= 15 is 0 Å². The molecule has 0 aliphatic heterocycles. The minimum atomic E-state index is -1.27. The SMILES string of the molecule is CC[SiH](O)CCCN(C)C. The third-order valence-corrected chi connectivity index (χ3v) is 3.63. The number of hydrogen-bond acceptors (Lipinski definition) is 2. The van der Waals surface area contributed by atoms with Crippen molar-refractivity contribution in [1.82, 2.24) is 4.90 Å². The van der Waals surface area contributed by atoms with E-state index in [0.29, 0.717) is 0 Å². The minimum Gasteiger partial charge on any atom is -0.435 e. The first-order chi connectivity index (χ1) is 4.66. The zero-order valence-electron chi connectivity index (χ0n) is 7.30. The fourth-order valence-electron chi connectivity index (χ4n) is 0.847. The van der Waals surface area contributed by atoms with Crippen molar-refractivity contribution in [2.75, 3.05) is 20.6 Å². The zero-order valence-corrected chi connectivity index (χ0v) is 8.45. The molecular weight excluding hydrogens is 142 g/mol. The van der Waals surface area contributed by atoms with Gasteiger partial charge in [0.15, 0.2) is 9.04 Å². The predicted octanol–water partition coefficient (Wildman–Crippen LogP) is 0.674. The van der Waals surface area contributed by atoms with Gasteiger partial charge in [-0.1, -0.05) is 6.92 Å². The lowest BCUT2D eigenvalue weighted by molar-refractivity contribution is 0.404. The molecule has 3 heteroatoms. The Morgan fingerprint density at radius 2 is 2.00 bits per heavy atom. The number of nitrogens with zero attached hydrogens (tertiary/aromatic N) is 1. The molecule has 0 bridgehead atoms. The van der Waals surface area contributed by atoms with Crippen LogP contribution in [0.25, 0.3) is 0 Å². The van der Waals surface area contributed by atoms with Gasteiger partial charge < -0.3 is 9.70 Å². The summed E-state index contributed by atoms with van der Waals surface area (Å²) in [6, 6.07) is 2.10. The van der Waals surface area contributed by atoms with Crippen LogP contribution in [0.2, 0.25) is 12.1 Å². The first-order valence-electron chi connectivity index (χ1n) is 3.99. The van der Waals surface area contributed by atoms with Crippen LogP contribution < -0.4 is 0 Å². The first-order valence-corrected chi connectivity index (χ1v) is 6.14. The molecule has 0 aromatic carbocycles. The maximum Gasteiger partial charge on any atom is 0.172 e. The summed E-state index contributed by atoms with van der Waals surface area (Å²) in [6.45, 7) is 3.19. The summed E-state index contributed by atoms with van der Waals surface area (Å²) in [4.78, 5) is 11.5. The van der Waals surface area contributed by atoms with E-state index in [4.69, 9.17) is 0 Å². The van der Waals surface area contributed by atoms with Crippen molar-refractivity contribution < 1.29 is 4.80 Å². The van der Waals surface area contributed by atoms with Gasteiger partial charge in [0.1, 0.15) is 0 Å². The zero-order chi connectivity index (χ0) is 7.98. The van der Waals surface area contributed by atoms with E-state index < -0.39 is 9.04 Å². The molecule has 0 aromatic rings. The van der Waals surface area contributed by atoms with Gasteiger partial charge in [0, 0.05) is 0 Å². The molecule has 0 spiro atoms. The Balaban J connectivity index is 3.03. The van der Waals surface area contributed by atoms with Crippen LogP contribution in [0.5, 0.6) is 0 Å². The van der Waals surface area contributed by atoms with E-state index in [1.807, 2.05) is 0 Å². The van der Waals surface area contributed by atoms with Crippen molar-refractivity contribution in [3.63, 3.8) is 0 Å². The van der Waals surface area contributed by atoms with Crippen molar-refractivity contribution in [2.24, 2.45) is 0 Å². The van der Waals surface area contributed by atoms with Crippen molar-refractivity contribution in [3.05, 3.63) is 0 Å². The molecule has 0 radical (unpaired) electrons. The monoisotopic (exact) mass is 161 g/mol. The maximum absolute atomic E-state index is 9.29. The highest BCUT2D eigenvalue weighted by Crippen LogP contribution is 1.99. The van der Waals surface area contributed by atoms with Crippen LogP contribution in [-0.2, 0) is 0 Å². The summed E-state index contributed by atoms with van der Waals surface area (Å²) < 4.78 is 0. The Kier molecular flexibility index (Phi) is 5.97. The molecular formula is C7H19NOSi. The second kappa shape index (κ2) is 5.89. The molecule has 0 aliphatic carbocycles. The molecule has 0 saturated carbocycles. The second-order valence-corrected chi connectivity index (χ2v) is 5.71. The molecule has 0 aliphatic rings. The third kappa shape index (κ3) is 6.26. The van der Waals surface area contributed by atoms with Gasteiger partial charge in [-0.25, -0.2) is 0 Å². The Labute approximate surface area is 65.6 Å². The fraction of sp³-hybridized carbons (Fsp3) is 1.00. The summed E-state index contributed by atoms with van der Waals surface area (Å²) in [5, 5.41) is 0. The van der Waals surface area contributed by atoms with Gasteiger partial charge in [-0.05, 0) is 39.1 Å². The number of rotatable bonds is 5. The molecule has 2 nitrogen and oxygen atoms in total. The summed E-state index contributed by atoms with van der Waals surface area (Å²) in [6.07, 6.45) is 1.16. The molecule has 0 heterocycles. The van der Waals surface area contributed by atoms with Gasteiger partial charge in [-0.15, -0.1) is 0 Å². The molecule has 0 aromatic heterocycles. The van der Waals surface area contributed by atoms with Crippen LogP contribution in [0.4, 0.5) is 0 Å². The Morgan fingerprint density at radius 3 is 2.40 bits per heavy atom. The fourth-order valence-corrected chi connectivity index (χ4v) is 1.91. The lowest BCUT2D eigenvalue weighted by atomic mass is 10.5. The predicted molar refractivity (Wildman–Crippen MR) is 47.8 cm³/mol. The van der Waals surface area contributed by atoms with Crippen LogP contribution in [0, 0.1) is 0 Å². The largest absolute Gasteiger partial charge is 0.435 e. The van der Waals surface area contributed by atoms with Gasteiger partial charge in [-0.3, -0.25) is 0 Å². The number of hydrogen-bond donors (Lipinski definition) is 1. The molecule has 1 N–H and O–H groups in total. The summed E-state index contributed by atoms with van der Waals surface area (Å²) in [5.41, 5.74) is 0. The highest BCUT2D eigenvalue weighted by Gasteiger charge is 2.02. The van der Waals surface area contributed by atoms with Crippen molar-refractivity contribution in [1.29, 1.82) is 0 Å². The van der Waals surface area contributed by atoms with E-state index in [-0.39, 0.29) is 0 Å².